The van der Waals surface area contributed by atoms with Crippen molar-refractivity contribution in [2.45, 2.75) is 33.6 Å². The number of benzene rings is 2. The molecule has 0 aliphatic rings. The third-order valence-corrected chi connectivity index (χ3v) is 4.53. The number of rotatable bonds is 3. The lowest BCUT2D eigenvalue weighted by atomic mass is 9.96. The quantitative estimate of drug-likeness (QED) is 0.583. The molecule has 0 saturated carbocycles. The minimum Gasteiger partial charge on any atom is -0.240 e. The van der Waals surface area contributed by atoms with Crippen molar-refractivity contribution in [1.82, 2.24) is 9.78 Å². The molecule has 0 N–H and O–H groups in total. The zero-order valence-electron chi connectivity index (χ0n) is 14.0. The number of nitrogens with zero attached hydrogens (tertiary/aromatic N) is 2. The summed E-state index contributed by atoms with van der Waals surface area (Å²) in [6.07, 6.45) is 2.02. The molecule has 0 aliphatic carbocycles. The van der Waals surface area contributed by atoms with Gasteiger partial charge in [0.05, 0.1) is 11.4 Å². The summed E-state index contributed by atoms with van der Waals surface area (Å²) in [4.78, 5) is 0. The average Bonchev–Trinajstić information content (AvgIpc) is 2.96. The lowest BCUT2D eigenvalue weighted by Crippen LogP contribution is -2.02. The fraction of sp³-hybridized carbons (Fsp3) is 0.250. The van der Waals surface area contributed by atoms with Crippen LogP contribution >= 0.6 is 11.6 Å². The Morgan fingerprint density at radius 3 is 2.26 bits per heavy atom. The monoisotopic (exact) mass is 324 g/mol. The van der Waals surface area contributed by atoms with Crippen molar-refractivity contribution in [1.29, 1.82) is 0 Å². The molecule has 1 heterocycles. The van der Waals surface area contributed by atoms with Crippen molar-refractivity contribution in [3.8, 4) is 16.8 Å². The van der Waals surface area contributed by atoms with Crippen molar-refractivity contribution in [2.24, 2.45) is 0 Å². The smallest absolute Gasteiger partial charge is 0.0686 e. The Kier molecular flexibility index (Phi) is 4.27. The fourth-order valence-corrected chi connectivity index (χ4v) is 2.91. The summed E-state index contributed by atoms with van der Waals surface area (Å²) in [6.45, 7) is 8.44. The topological polar surface area (TPSA) is 17.8 Å². The molecule has 2 aromatic carbocycles. The number of aromatic nitrogens is 2. The Balaban J connectivity index is 2.15. The maximum atomic E-state index is 6.29. The SMILES string of the molecule is Cc1ccn(-c2cc(-c3ccc(C)c(Cl)c3)ccc2C(C)C)n1. The van der Waals surface area contributed by atoms with Crippen LogP contribution in [0.5, 0.6) is 0 Å². The zero-order valence-corrected chi connectivity index (χ0v) is 14.7. The molecule has 0 amide bonds. The van der Waals surface area contributed by atoms with Gasteiger partial charge in [0.15, 0.2) is 0 Å². The van der Waals surface area contributed by atoms with Gasteiger partial charge in [-0.05, 0) is 60.2 Å². The third-order valence-electron chi connectivity index (χ3n) is 4.13. The first kappa shape index (κ1) is 15.8. The molecule has 0 aliphatic heterocycles. The largest absolute Gasteiger partial charge is 0.240 e. The van der Waals surface area contributed by atoms with Gasteiger partial charge in [0, 0.05) is 11.2 Å². The first-order chi connectivity index (χ1) is 11.0. The summed E-state index contributed by atoms with van der Waals surface area (Å²) >= 11 is 6.29. The van der Waals surface area contributed by atoms with Crippen molar-refractivity contribution in [3.63, 3.8) is 0 Å². The molecular formula is C20H21ClN2. The first-order valence-electron chi connectivity index (χ1n) is 7.89. The van der Waals surface area contributed by atoms with E-state index in [1.54, 1.807) is 0 Å². The van der Waals surface area contributed by atoms with Crippen molar-refractivity contribution in [3.05, 3.63) is 70.5 Å². The minimum atomic E-state index is 0.435. The van der Waals surface area contributed by atoms with E-state index in [1.807, 2.05) is 36.9 Å². The Morgan fingerprint density at radius 1 is 0.957 bits per heavy atom. The van der Waals surface area contributed by atoms with Gasteiger partial charge in [0.2, 0.25) is 0 Å². The summed E-state index contributed by atoms with van der Waals surface area (Å²) in [7, 11) is 0. The second kappa shape index (κ2) is 6.21. The summed E-state index contributed by atoms with van der Waals surface area (Å²) in [5, 5.41) is 5.38. The molecule has 3 rings (SSSR count). The molecule has 2 nitrogen and oxygen atoms in total. The van der Waals surface area contributed by atoms with Gasteiger partial charge < -0.3 is 0 Å². The van der Waals surface area contributed by atoms with Gasteiger partial charge in [-0.3, -0.25) is 0 Å². The Bertz CT molecular complexity index is 847. The van der Waals surface area contributed by atoms with Crippen LogP contribution in [0.15, 0.2) is 48.7 Å². The van der Waals surface area contributed by atoms with E-state index in [2.05, 4.69) is 49.3 Å². The van der Waals surface area contributed by atoms with Crippen molar-refractivity contribution >= 4 is 11.6 Å². The summed E-state index contributed by atoms with van der Waals surface area (Å²) in [6, 6.07) is 14.8. The van der Waals surface area contributed by atoms with Crippen molar-refractivity contribution < 1.29 is 0 Å². The summed E-state index contributed by atoms with van der Waals surface area (Å²) < 4.78 is 1.96. The molecule has 0 fully saturated rings. The van der Waals surface area contributed by atoms with E-state index in [-0.39, 0.29) is 0 Å². The van der Waals surface area contributed by atoms with E-state index in [9.17, 15) is 0 Å². The maximum Gasteiger partial charge on any atom is 0.0686 e. The highest BCUT2D eigenvalue weighted by molar-refractivity contribution is 6.31. The number of hydrogen-bond acceptors (Lipinski definition) is 1. The van der Waals surface area contributed by atoms with Crippen molar-refractivity contribution in [2.75, 3.05) is 0 Å². The van der Waals surface area contributed by atoms with E-state index in [1.165, 1.54) is 5.56 Å². The molecular weight excluding hydrogens is 304 g/mol. The van der Waals surface area contributed by atoms with Crippen LogP contribution in [-0.2, 0) is 0 Å². The van der Waals surface area contributed by atoms with E-state index in [0.717, 1.165) is 33.1 Å². The van der Waals surface area contributed by atoms with Gasteiger partial charge in [-0.25, -0.2) is 4.68 Å². The van der Waals surface area contributed by atoms with Gasteiger partial charge in [-0.1, -0.05) is 49.7 Å². The van der Waals surface area contributed by atoms with E-state index in [0.29, 0.717) is 5.92 Å². The minimum absolute atomic E-state index is 0.435. The van der Waals surface area contributed by atoms with Gasteiger partial charge >= 0.3 is 0 Å². The molecule has 118 valence electrons. The zero-order chi connectivity index (χ0) is 16.6. The third kappa shape index (κ3) is 3.18. The molecule has 1 aromatic heterocycles. The molecule has 0 bridgehead atoms. The van der Waals surface area contributed by atoms with Crippen LogP contribution in [0.25, 0.3) is 16.8 Å². The molecule has 3 aromatic rings. The Labute approximate surface area is 142 Å². The maximum absolute atomic E-state index is 6.29. The Hall–Kier alpha value is -2.06. The van der Waals surface area contributed by atoms with Gasteiger partial charge in [-0.15, -0.1) is 0 Å². The lowest BCUT2D eigenvalue weighted by Gasteiger charge is -2.15. The predicted molar refractivity (Wildman–Crippen MR) is 97.6 cm³/mol. The highest BCUT2D eigenvalue weighted by Gasteiger charge is 2.12. The van der Waals surface area contributed by atoms with E-state index >= 15 is 0 Å². The summed E-state index contributed by atoms with van der Waals surface area (Å²) in [5.74, 6) is 0.435. The standard InChI is InChI=1S/C20H21ClN2/c1-13(2)18-8-7-17(16-6-5-14(3)19(21)11-16)12-20(18)23-10-9-15(4)22-23/h5-13H,1-4H3. The second-order valence-corrected chi connectivity index (χ2v) is 6.70. The number of aryl methyl sites for hydroxylation is 2. The molecule has 3 heteroatoms. The van der Waals surface area contributed by atoms with E-state index < -0.39 is 0 Å². The van der Waals surface area contributed by atoms with Crippen LogP contribution in [0.1, 0.15) is 36.6 Å². The summed E-state index contributed by atoms with van der Waals surface area (Å²) in [5.41, 5.74) is 6.80. The average molecular weight is 325 g/mol. The fourth-order valence-electron chi connectivity index (χ4n) is 2.73. The highest BCUT2D eigenvalue weighted by Crippen LogP contribution is 2.31. The molecule has 0 spiro atoms. The molecule has 0 radical (unpaired) electrons. The second-order valence-electron chi connectivity index (χ2n) is 6.29. The van der Waals surface area contributed by atoms with E-state index in [4.69, 9.17) is 11.6 Å². The first-order valence-corrected chi connectivity index (χ1v) is 8.26. The van der Waals surface area contributed by atoms with Gasteiger partial charge in [0.25, 0.3) is 0 Å². The molecule has 0 unspecified atom stereocenters. The number of halogens is 1. The molecule has 23 heavy (non-hydrogen) atoms. The van der Waals surface area contributed by atoms with Crippen LogP contribution in [0.3, 0.4) is 0 Å². The van der Waals surface area contributed by atoms with Crippen LogP contribution in [0.4, 0.5) is 0 Å². The number of hydrogen-bond donors (Lipinski definition) is 0. The normalized spacial score (nSPS) is 11.2. The highest BCUT2D eigenvalue weighted by atomic mass is 35.5. The van der Waals surface area contributed by atoms with Crippen LogP contribution in [0.2, 0.25) is 5.02 Å². The van der Waals surface area contributed by atoms with Gasteiger partial charge in [0.1, 0.15) is 0 Å². The van der Waals surface area contributed by atoms with Crippen LogP contribution < -0.4 is 0 Å². The Morgan fingerprint density at radius 2 is 1.65 bits per heavy atom. The van der Waals surface area contributed by atoms with Gasteiger partial charge in [-0.2, -0.15) is 5.10 Å². The molecule has 0 saturated heterocycles. The predicted octanol–water partition coefficient (Wildman–Crippen LogP) is 5.93. The van der Waals surface area contributed by atoms with Crippen LogP contribution in [0, 0.1) is 13.8 Å². The lowest BCUT2D eigenvalue weighted by molar-refractivity contribution is 0.802. The molecule has 0 atom stereocenters. The van der Waals surface area contributed by atoms with Crippen LogP contribution in [-0.4, -0.2) is 9.78 Å².